The lowest BCUT2D eigenvalue weighted by Crippen LogP contribution is -2.08. The Morgan fingerprint density at radius 1 is 0.880 bits per heavy atom. The second kappa shape index (κ2) is 7.65. The Labute approximate surface area is 142 Å². The molecule has 7 heteroatoms. The molecule has 0 saturated heterocycles. The van der Waals surface area contributed by atoms with Crippen molar-refractivity contribution in [3.8, 4) is 0 Å². The summed E-state index contributed by atoms with van der Waals surface area (Å²) in [6, 6.07) is 11.7. The second-order valence-electron chi connectivity index (χ2n) is 5.29. The predicted octanol–water partition coefficient (Wildman–Crippen LogP) is 4.29. The molecule has 2 N–H and O–H groups in total. The summed E-state index contributed by atoms with van der Waals surface area (Å²) in [5, 5.41) is 5.88. The zero-order valence-corrected chi connectivity index (χ0v) is 13.1. The lowest BCUT2D eigenvalue weighted by molar-refractivity contribution is 0.509. The van der Waals surface area contributed by atoms with E-state index in [-0.39, 0.29) is 11.8 Å². The Hall–Kier alpha value is -3.09. The van der Waals surface area contributed by atoms with Gasteiger partial charge in [-0.05, 0) is 36.2 Å². The molecule has 0 unspecified atom stereocenters. The van der Waals surface area contributed by atoms with Crippen LogP contribution < -0.4 is 10.6 Å². The van der Waals surface area contributed by atoms with Gasteiger partial charge in [0.05, 0.1) is 0 Å². The van der Waals surface area contributed by atoms with Crippen LogP contribution in [0, 0.1) is 17.5 Å². The highest BCUT2D eigenvalue weighted by molar-refractivity contribution is 5.54. The van der Waals surface area contributed by atoms with Crippen molar-refractivity contribution in [2.24, 2.45) is 0 Å². The molecule has 0 aliphatic carbocycles. The van der Waals surface area contributed by atoms with E-state index in [9.17, 15) is 13.2 Å². The van der Waals surface area contributed by atoms with E-state index < -0.39 is 11.6 Å². The topological polar surface area (TPSA) is 49.8 Å². The van der Waals surface area contributed by atoms with Gasteiger partial charge in [0.2, 0.25) is 5.95 Å². The van der Waals surface area contributed by atoms with E-state index in [0.29, 0.717) is 30.0 Å². The van der Waals surface area contributed by atoms with Crippen LogP contribution in [-0.4, -0.2) is 16.5 Å². The quantitative estimate of drug-likeness (QED) is 0.700. The molecule has 0 radical (unpaired) electrons. The average Bonchev–Trinajstić information content (AvgIpc) is 2.60. The number of anilines is 3. The summed E-state index contributed by atoms with van der Waals surface area (Å²) in [5.74, 6) is -1.34. The van der Waals surface area contributed by atoms with Crippen LogP contribution in [0.4, 0.5) is 30.6 Å². The summed E-state index contributed by atoms with van der Waals surface area (Å²) in [7, 11) is 0. The van der Waals surface area contributed by atoms with Crippen LogP contribution in [0.5, 0.6) is 0 Å². The van der Waals surface area contributed by atoms with Gasteiger partial charge in [-0.2, -0.15) is 4.98 Å². The molecule has 3 aromatic rings. The molecule has 0 atom stereocenters. The zero-order chi connectivity index (χ0) is 17.6. The number of benzene rings is 2. The van der Waals surface area contributed by atoms with Gasteiger partial charge in [-0.3, -0.25) is 0 Å². The first-order chi connectivity index (χ1) is 12.1. The van der Waals surface area contributed by atoms with E-state index in [1.807, 2.05) is 0 Å². The lowest BCUT2D eigenvalue weighted by atomic mass is 10.1. The van der Waals surface area contributed by atoms with E-state index in [4.69, 9.17) is 0 Å². The molecular formula is C18H15F3N4. The Morgan fingerprint density at radius 2 is 1.72 bits per heavy atom. The van der Waals surface area contributed by atoms with Crippen molar-refractivity contribution in [1.29, 1.82) is 0 Å². The van der Waals surface area contributed by atoms with Gasteiger partial charge >= 0.3 is 0 Å². The molecule has 128 valence electrons. The van der Waals surface area contributed by atoms with Gasteiger partial charge < -0.3 is 10.6 Å². The molecule has 0 aliphatic rings. The Morgan fingerprint density at radius 3 is 2.52 bits per heavy atom. The monoisotopic (exact) mass is 344 g/mol. The molecule has 0 aliphatic heterocycles. The van der Waals surface area contributed by atoms with Crippen molar-refractivity contribution >= 4 is 17.5 Å². The highest BCUT2D eigenvalue weighted by Gasteiger charge is 2.05. The fraction of sp³-hybridized carbons (Fsp3) is 0.111. The Balaban J connectivity index is 1.61. The second-order valence-corrected chi connectivity index (χ2v) is 5.29. The van der Waals surface area contributed by atoms with Gasteiger partial charge in [-0.1, -0.05) is 18.2 Å². The summed E-state index contributed by atoms with van der Waals surface area (Å²) < 4.78 is 39.7. The van der Waals surface area contributed by atoms with Crippen molar-refractivity contribution in [2.45, 2.75) is 6.42 Å². The molecule has 4 nitrogen and oxygen atoms in total. The van der Waals surface area contributed by atoms with Gasteiger partial charge in [0.15, 0.2) is 11.6 Å². The van der Waals surface area contributed by atoms with Crippen molar-refractivity contribution < 1.29 is 13.2 Å². The van der Waals surface area contributed by atoms with Gasteiger partial charge in [0.1, 0.15) is 11.6 Å². The Bertz CT molecular complexity index is 870. The van der Waals surface area contributed by atoms with Crippen LogP contribution in [-0.2, 0) is 6.42 Å². The minimum atomic E-state index is -0.954. The summed E-state index contributed by atoms with van der Waals surface area (Å²) >= 11 is 0. The van der Waals surface area contributed by atoms with E-state index in [0.717, 1.165) is 12.1 Å². The minimum Gasteiger partial charge on any atom is -0.370 e. The maximum absolute atomic E-state index is 13.6. The summed E-state index contributed by atoms with van der Waals surface area (Å²) in [4.78, 5) is 8.26. The lowest BCUT2D eigenvalue weighted by Gasteiger charge is -2.09. The first-order valence-corrected chi connectivity index (χ1v) is 7.64. The zero-order valence-electron chi connectivity index (χ0n) is 13.1. The predicted molar refractivity (Wildman–Crippen MR) is 90.3 cm³/mol. The third-order valence-corrected chi connectivity index (χ3v) is 3.49. The van der Waals surface area contributed by atoms with Crippen molar-refractivity contribution in [2.75, 3.05) is 17.2 Å². The van der Waals surface area contributed by atoms with Crippen LogP contribution >= 0.6 is 0 Å². The number of halogens is 3. The van der Waals surface area contributed by atoms with Gasteiger partial charge in [-0.25, -0.2) is 18.2 Å². The number of hydrogen-bond donors (Lipinski definition) is 2. The smallest absolute Gasteiger partial charge is 0.229 e. The number of nitrogens with one attached hydrogen (secondary N) is 2. The molecule has 1 aromatic heterocycles. The molecule has 1 heterocycles. The largest absolute Gasteiger partial charge is 0.370 e. The SMILES string of the molecule is Fc1ccc(Nc2nccc(NCCc3ccccc3F)n2)cc1F. The summed E-state index contributed by atoms with van der Waals surface area (Å²) in [5.41, 5.74) is 0.951. The molecule has 0 fully saturated rings. The van der Waals surface area contributed by atoms with Crippen LogP contribution in [0.2, 0.25) is 0 Å². The van der Waals surface area contributed by atoms with E-state index in [2.05, 4.69) is 20.6 Å². The highest BCUT2D eigenvalue weighted by Crippen LogP contribution is 2.17. The minimum absolute atomic E-state index is 0.238. The van der Waals surface area contributed by atoms with Crippen LogP contribution in [0.25, 0.3) is 0 Å². The van der Waals surface area contributed by atoms with Crippen LogP contribution in [0.1, 0.15) is 5.56 Å². The number of nitrogens with zero attached hydrogens (tertiary/aromatic N) is 2. The van der Waals surface area contributed by atoms with Gasteiger partial charge in [-0.15, -0.1) is 0 Å². The molecule has 3 rings (SSSR count). The molecule has 0 amide bonds. The molecule has 0 spiro atoms. The molecular weight excluding hydrogens is 329 g/mol. The summed E-state index contributed by atoms with van der Waals surface area (Å²) in [6.45, 7) is 0.489. The van der Waals surface area contributed by atoms with Crippen molar-refractivity contribution in [1.82, 2.24) is 9.97 Å². The molecule has 0 bridgehead atoms. The van der Waals surface area contributed by atoms with Gasteiger partial charge in [0, 0.05) is 24.5 Å². The highest BCUT2D eigenvalue weighted by atomic mass is 19.2. The van der Waals surface area contributed by atoms with Crippen molar-refractivity contribution in [3.05, 3.63) is 77.7 Å². The average molecular weight is 344 g/mol. The third-order valence-electron chi connectivity index (χ3n) is 3.49. The molecule has 0 saturated carbocycles. The summed E-state index contributed by atoms with van der Waals surface area (Å²) in [6.07, 6.45) is 2.03. The molecule has 25 heavy (non-hydrogen) atoms. The Kier molecular flexibility index (Phi) is 5.13. The maximum Gasteiger partial charge on any atom is 0.229 e. The van der Waals surface area contributed by atoms with E-state index >= 15 is 0 Å². The van der Waals surface area contributed by atoms with E-state index in [1.165, 1.54) is 18.3 Å². The first-order valence-electron chi connectivity index (χ1n) is 7.64. The fourth-order valence-corrected chi connectivity index (χ4v) is 2.25. The number of rotatable bonds is 6. The van der Waals surface area contributed by atoms with Crippen molar-refractivity contribution in [3.63, 3.8) is 0 Å². The standard InChI is InChI=1S/C18H15F3N4/c19-14-4-2-1-3-12(14)7-9-22-17-8-10-23-18(25-17)24-13-5-6-15(20)16(21)11-13/h1-6,8,10-11H,7,9H2,(H2,22,23,24,25). The van der Waals surface area contributed by atoms with Crippen LogP contribution in [0.15, 0.2) is 54.7 Å². The number of hydrogen-bond acceptors (Lipinski definition) is 4. The van der Waals surface area contributed by atoms with E-state index in [1.54, 1.807) is 24.3 Å². The number of aromatic nitrogens is 2. The third kappa shape index (κ3) is 4.47. The maximum atomic E-state index is 13.6. The fourth-order valence-electron chi connectivity index (χ4n) is 2.25. The normalized spacial score (nSPS) is 10.5. The first kappa shape index (κ1) is 16.8. The molecule has 2 aromatic carbocycles. The van der Waals surface area contributed by atoms with Crippen LogP contribution in [0.3, 0.4) is 0 Å². The van der Waals surface area contributed by atoms with Gasteiger partial charge in [0.25, 0.3) is 0 Å².